The van der Waals surface area contributed by atoms with Crippen molar-refractivity contribution in [2.75, 3.05) is 9.80 Å². The smallest absolute Gasteiger partial charge is 0.0640 e. The molecule has 11 aromatic carbocycles. The zero-order chi connectivity index (χ0) is 45.6. The van der Waals surface area contributed by atoms with Gasteiger partial charge in [0.25, 0.3) is 0 Å². The number of rotatable bonds is 8. The highest BCUT2D eigenvalue weighted by Crippen LogP contribution is 2.52. The molecule has 69 heavy (non-hydrogen) atoms. The highest BCUT2D eigenvalue weighted by atomic mass is 32.1. The molecule has 13 aromatic rings. The molecule has 14 rings (SSSR count). The Kier molecular flexibility index (Phi) is 9.33. The number of fused-ring (bicyclic) bond motifs is 6. The van der Waals surface area contributed by atoms with Crippen LogP contribution in [0.5, 0.6) is 0 Å². The van der Waals surface area contributed by atoms with Gasteiger partial charge in [-0.3, -0.25) is 0 Å². The Labute approximate surface area is 408 Å². The number of thiophene rings is 2. The molecule has 4 heteroatoms. The zero-order valence-corrected chi connectivity index (χ0v) is 39.5. The Morgan fingerprint density at radius 1 is 0.348 bits per heavy atom. The summed E-state index contributed by atoms with van der Waals surface area (Å²) in [6.45, 7) is 2.31. The second kappa shape index (κ2) is 16.1. The molecule has 2 heterocycles. The van der Waals surface area contributed by atoms with E-state index in [9.17, 15) is 0 Å². The first-order valence-electron chi connectivity index (χ1n) is 23.9. The number of hydrogen-bond donors (Lipinski definition) is 0. The average Bonchev–Trinajstić information content (AvgIpc) is 3.99. The summed E-state index contributed by atoms with van der Waals surface area (Å²) in [5, 5.41) is 12.6. The van der Waals surface area contributed by atoms with Gasteiger partial charge in [-0.1, -0.05) is 183 Å². The fourth-order valence-electron chi connectivity index (χ4n) is 11.2. The maximum atomic E-state index is 2.52. The van der Waals surface area contributed by atoms with Crippen LogP contribution in [0.2, 0.25) is 0 Å². The molecule has 0 saturated heterocycles. The summed E-state index contributed by atoms with van der Waals surface area (Å²) in [5.74, 6) is 0.786. The summed E-state index contributed by atoms with van der Waals surface area (Å²) in [6.07, 6.45) is 9.02. The van der Waals surface area contributed by atoms with Crippen LogP contribution >= 0.6 is 22.7 Å². The SMILES string of the molecule is CC1C=CC=CC1c1ccc(N(c2ccc3ccc4c(N(c5ccc(-c6ccccc6)cc5)c5cccc6c5sc5ccccc56)ccc5ccc2c3c54)c2cccc3c2sc2ccccc23)cc1. The van der Waals surface area contributed by atoms with Crippen molar-refractivity contribution in [2.45, 2.75) is 12.8 Å². The Bertz CT molecular complexity index is 4160. The zero-order valence-electron chi connectivity index (χ0n) is 37.9. The van der Waals surface area contributed by atoms with Gasteiger partial charge < -0.3 is 9.80 Å². The van der Waals surface area contributed by atoms with E-state index in [-0.39, 0.29) is 0 Å². The highest BCUT2D eigenvalue weighted by Gasteiger charge is 2.25. The van der Waals surface area contributed by atoms with Gasteiger partial charge in [0.2, 0.25) is 0 Å². The second-order valence-electron chi connectivity index (χ2n) is 18.4. The van der Waals surface area contributed by atoms with E-state index in [1.54, 1.807) is 0 Å². The number of benzene rings is 11. The minimum atomic E-state index is 0.347. The van der Waals surface area contributed by atoms with Gasteiger partial charge in [-0.15, -0.1) is 22.7 Å². The van der Waals surface area contributed by atoms with Gasteiger partial charge in [-0.25, -0.2) is 0 Å². The van der Waals surface area contributed by atoms with E-state index in [1.807, 2.05) is 22.7 Å². The van der Waals surface area contributed by atoms with Crippen LogP contribution in [0.4, 0.5) is 34.1 Å². The van der Waals surface area contributed by atoms with Gasteiger partial charge in [0, 0.05) is 59.0 Å². The molecule has 0 bridgehead atoms. The molecule has 326 valence electrons. The van der Waals surface area contributed by atoms with Crippen molar-refractivity contribution in [1.29, 1.82) is 0 Å². The summed E-state index contributed by atoms with van der Waals surface area (Å²) in [5.41, 5.74) is 10.7. The first-order chi connectivity index (χ1) is 34.1. The summed E-state index contributed by atoms with van der Waals surface area (Å²) in [4.78, 5) is 5.03. The molecule has 1 aliphatic carbocycles. The molecule has 1 aliphatic rings. The Morgan fingerprint density at radius 3 is 1.36 bits per heavy atom. The molecule has 2 nitrogen and oxygen atoms in total. The molecule has 2 unspecified atom stereocenters. The predicted octanol–water partition coefficient (Wildman–Crippen LogP) is 19.8. The Morgan fingerprint density at radius 2 is 0.812 bits per heavy atom. The van der Waals surface area contributed by atoms with E-state index in [0.29, 0.717) is 11.8 Å². The van der Waals surface area contributed by atoms with E-state index in [4.69, 9.17) is 0 Å². The van der Waals surface area contributed by atoms with Crippen LogP contribution < -0.4 is 9.80 Å². The van der Waals surface area contributed by atoms with Crippen LogP contribution in [-0.2, 0) is 0 Å². The van der Waals surface area contributed by atoms with Crippen molar-refractivity contribution < 1.29 is 0 Å². The number of allylic oxidation sites excluding steroid dienone is 4. The van der Waals surface area contributed by atoms with Gasteiger partial charge >= 0.3 is 0 Å². The lowest BCUT2D eigenvalue weighted by Crippen LogP contribution is -2.12. The van der Waals surface area contributed by atoms with E-state index < -0.39 is 0 Å². The summed E-state index contributed by atoms with van der Waals surface area (Å²) in [7, 11) is 0. The monoisotopic (exact) mass is 916 g/mol. The lowest BCUT2D eigenvalue weighted by Gasteiger charge is -2.30. The minimum Gasteiger partial charge on any atom is -0.308 e. The standard InChI is InChI=1S/C65H44N2S2/c1-41-13-5-6-16-49(41)44-27-35-48(36-28-44)67(59-22-12-20-53-51-18-8-10-24-61(51)69-65(53)59)57-40-32-46-29-37-54-56(39-31-45-30-38-55(57)63(46)62(45)54)66(47-33-25-43(26-34-47)42-14-3-2-4-15-42)58-21-11-19-52-50-17-7-9-23-60(50)68-64(52)58/h2-41,49H,1H3. The number of hydrogen-bond acceptors (Lipinski definition) is 4. The number of anilines is 6. The molecule has 0 spiro atoms. The van der Waals surface area contributed by atoms with E-state index >= 15 is 0 Å². The lowest BCUT2D eigenvalue weighted by molar-refractivity contribution is 0.635. The van der Waals surface area contributed by atoms with Gasteiger partial charge in [0.15, 0.2) is 0 Å². The molecule has 0 saturated carbocycles. The van der Waals surface area contributed by atoms with Crippen molar-refractivity contribution in [2.24, 2.45) is 5.92 Å². The normalized spacial score (nSPS) is 14.9. The quantitative estimate of drug-likeness (QED) is 0.140. The molecule has 0 amide bonds. The third kappa shape index (κ3) is 6.44. The largest absolute Gasteiger partial charge is 0.308 e. The van der Waals surface area contributed by atoms with Crippen molar-refractivity contribution >= 4 is 129 Å². The van der Waals surface area contributed by atoms with Crippen LogP contribution in [0.3, 0.4) is 0 Å². The van der Waals surface area contributed by atoms with Crippen molar-refractivity contribution in [3.63, 3.8) is 0 Å². The summed E-state index contributed by atoms with van der Waals surface area (Å²) in [6, 6.07) is 79.3. The van der Waals surface area contributed by atoms with Crippen LogP contribution in [-0.4, -0.2) is 0 Å². The predicted molar refractivity (Wildman–Crippen MR) is 301 cm³/mol. The maximum absolute atomic E-state index is 2.52. The van der Waals surface area contributed by atoms with Gasteiger partial charge in [-0.2, -0.15) is 0 Å². The van der Waals surface area contributed by atoms with Gasteiger partial charge in [0.05, 0.1) is 32.1 Å². The topological polar surface area (TPSA) is 6.48 Å². The Hall–Kier alpha value is -8.02. The van der Waals surface area contributed by atoms with Gasteiger partial charge in [0.1, 0.15) is 0 Å². The lowest BCUT2D eigenvalue weighted by atomic mass is 9.84. The molecule has 0 N–H and O–H groups in total. The average molecular weight is 917 g/mol. The van der Waals surface area contributed by atoms with Crippen LogP contribution in [0, 0.1) is 5.92 Å². The highest BCUT2D eigenvalue weighted by molar-refractivity contribution is 7.26. The summed E-state index contributed by atoms with van der Waals surface area (Å²) < 4.78 is 5.16. The molecule has 0 aliphatic heterocycles. The van der Waals surface area contributed by atoms with Crippen LogP contribution in [0.15, 0.2) is 237 Å². The van der Waals surface area contributed by atoms with E-state index in [0.717, 1.165) is 22.7 Å². The van der Waals surface area contributed by atoms with Crippen LogP contribution in [0.1, 0.15) is 18.4 Å². The third-order valence-electron chi connectivity index (χ3n) is 14.5. The van der Waals surface area contributed by atoms with E-state index in [1.165, 1.54) is 101 Å². The van der Waals surface area contributed by atoms with Crippen LogP contribution in [0.25, 0.3) is 83.8 Å². The molecular weight excluding hydrogens is 873 g/mol. The molecule has 0 fully saturated rings. The molecular formula is C65H44N2S2. The fraction of sp³-hybridized carbons (Fsp3) is 0.0462. The van der Waals surface area contributed by atoms with Crippen molar-refractivity contribution in [3.05, 3.63) is 242 Å². The first-order valence-corrected chi connectivity index (χ1v) is 25.5. The minimum absolute atomic E-state index is 0.347. The molecule has 2 aromatic heterocycles. The second-order valence-corrected chi connectivity index (χ2v) is 20.5. The third-order valence-corrected chi connectivity index (χ3v) is 16.9. The fourth-order valence-corrected chi connectivity index (χ4v) is 13.6. The maximum Gasteiger partial charge on any atom is 0.0640 e. The first kappa shape index (κ1) is 40.1. The van der Waals surface area contributed by atoms with Crippen molar-refractivity contribution in [3.8, 4) is 11.1 Å². The Balaban J connectivity index is 0.998. The van der Waals surface area contributed by atoms with E-state index in [2.05, 4.69) is 253 Å². The molecule has 0 radical (unpaired) electrons. The number of nitrogens with zero attached hydrogens (tertiary/aromatic N) is 2. The van der Waals surface area contributed by atoms with Gasteiger partial charge in [-0.05, 0) is 105 Å². The summed E-state index contributed by atoms with van der Waals surface area (Å²) >= 11 is 3.76. The van der Waals surface area contributed by atoms with Crippen molar-refractivity contribution in [1.82, 2.24) is 0 Å². The molecule has 2 atom stereocenters.